The van der Waals surface area contributed by atoms with Crippen molar-refractivity contribution in [2.75, 3.05) is 0 Å². The predicted octanol–water partition coefficient (Wildman–Crippen LogP) is 4.71. The van der Waals surface area contributed by atoms with E-state index in [2.05, 4.69) is 13.8 Å². The van der Waals surface area contributed by atoms with Crippen LogP contribution < -0.4 is 0 Å². The highest BCUT2D eigenvalue weighted by molar-refractivity contribution is 5.91. The molecule has 0 aromatic rings. The number of aliphatic carboxylic acids is 1. The highest BCUT2D eigenvalue weighted by Crippen LogP contribution is 2.71. The number of aliphatic hydroxyl groups is 1. The zero-order valence-corrected chi connectivity index (χ0v) is 19.3. The molecule has 0 aromatic heterocycles. The van der Waals surface area contributed by atoms with E-state index in [1.54, 1.807) is 6.92 Å². The molecule has 0 aliphatic heterocycles. The zero-order valence-electron chi connectivity index (χ0n) is 19.3. The van der Waals surface area contributed by atoms with Crippen molar-refractivity contribution in [3.8, 4) is 0 Å². The second kappa shape index (κ2) is 7.83. The number of ketones is 2. The molecule has 4 rings (SSSR count). The number of carbonyl (C=O) groups is 3. The molecule has 31 heavy (non-hydrogen) atoms. The van der Waals surface area contributed by atoms with E-state index in [1.807, 2.05) is 6.08 Å². The molecule has 0 saturated heterocycles. The normalized spacial score (nSPS) is 44.1. The average Bonchev–Trinajstić information content (AvgIpc) is 2.98. The van der Waals surface area contributed by atoms with Crippen LogP contribution in [0.3, 0.4) is 0 Å². The van der Waals surface area contributed by atoms with Gasteiger partial charge >= 0.3 is 5.97 Å². The highest BCUT2D eigenvalue weighted by Gasteiger charge is 2.67. The number of carboxylic acids is 1. The minimum absolute atomic E-state index is 0.111. The van der Waals surface area contributed by atoms with Crippen molar-refractivity contribution in [3.05, 3.63) is 11.6 Å². The van der Waals surface area contributed by atoms with E-state index >= 15 is 0 Å². The minimum Gasteiger partial charge on any atom is -0.481 e. The van der Waals surface area contributed by atoms with Crippen LogP contribution in [0.5, 0.6) is 0 Å². The summed E-state index contributed by atoms with van der Waals surface area (Å²) in [7, 11) is 0. The summed E-state index contributed by atoms with van der Waals surface area (Å²) in [5, 5.41) is 20.5. The number of aliphatic hydroxyl groups excluding tert-OH is 1. The van der Waals surface area contributed by atoms with Crippen molar-refractivity contribution in [1.82, 2.24) is 0 Å². The minimum atomic E-state index is -0.784. The number of fused-ring (bicyclic) bond motifs is 5. The predicted molar refractivity (Wildman–Crippen MR) is 117 cm³/mol. The molecule has 0 amide bonds. The van der Waals surface area contributed by atoms with Crippen LogP contribution >= 0.6 is 0 Å². The zero-order chi connectivity index (χ0) is 22.6. The molecule has 5 nitrogen and oxygen atoms in total. The maximum atomic E-state index is 13.1. The van der Waals surface area contributed by atoms with Crippen LogP contribution in [0, 0.1) is 34.0 Å². The molecule has 2 N–H and O–H groups in total. The van der Waals surface area contributed by atoms with Gasteiger partial charge in [0.15, 0.2) is 5.78 Å². The summed E-state index contributed by atoms with van der Waals surface area (Å²) in [5.74, 6) is 0.592. The molecule has 7 atom stereocenters. The van der Waals surface area contributed by atoms with Crippen molar-refractivity contribution in [2.45, 2.75) is 97.5 Å². The van der Waals surface area contributed by atoms with Crippen LogP contribution in [0.15, 0.2) is 11.6 Å². The van der Waals surface area contributed by atoms with Crippen LogP contribution in [0.4, 0.5) is 0 Å². The number of Topliss-reactive ketones (excluding diaryl/α,β-unsaturated/α-hetero) is 1. The van der Waals surface area contributed by atoms with E-state index in [0.29, 0.717) is 31.1 Å². The molecule has 0 radical (unpaired) electrons. The fourth-order valence-electron chi connectivity index (χ4n) is 8.67. The number of hydrogen-bond donors (Lipinski definition) is 2. The Labute approximate surface area is 185 Å². The van der Waals surface area contributed by atoms with Crippen molar-refractivity contribution in [1.29, 1.82) is 0 Å². The molecule has 0 aromatic carbocycles. The van der Waals surface area contributed by atoms with Gasteiger partial charge in [0.05, 0.1) is 6.10 Å². The quantitative estimate of drug-likeness (QED) is 0.596. The van der Waals surface area contributed by atoms with E-state index in [0.717, 1.165) is 44.9 Å². The van der Waals surface area contributed by atoms with Gasteiger partial charge in [-0.15, -0.1) is 0 Å². The number of unbranched alkanes of at least 4 members (excludes halogenated alkanes) is 1. The smallest absolute Gasteiger partial charge is 0.303 e. The third-order valence-electron chi connectivity index (χ3n) is 10.2. The summed E-state index contributed by atoms with van der Waals surface area (Å²) in [5.41, 5.74) is 0.421. The standard InChI is InChI=1S/C26H38O5/c1-16(27)26(11-5-4-6-22(30)31)13-10-20-19-8-7-17-14-18(28)9-12-24(17,2)23(19)21(29)15-25(20,26)3/h14,19-21,23,29H,4-13,15H2,1-3H3,(H,30,31)/t19-,20-,21?,23+,24-,25-,26+/m0/s1. The van der Waals surface area contributed by atoms with Crippen molar-refractivity contribution < 1.29 is 24.6 Å². The van der Waals surface area contributed by atoms with Gasteiger partial charge in [0.25, 0.3) is 0 Å². The van der Waals surface area contributed by atoms with E-state index in [9.17, 15) is 19.5 Å². The molecule has 4 aliphatic rings. The summed E-state index contributed by atoms with van der Waals surface area (Å²) in [6.45, 7) is 6.20. The summed E-state index contributed by atoms with van der Waals surface area (Å²) in [4.78, 5) is 36.1. The average molecular weight is 431 g/mol. The molecule has 4 aliphatic carbocycles. The molecule has 1 unspecified atom stereocenters. The molecule has 5 heteroatoms. The Morgan fingerprint density at radius 3 is 2.55 bits per heavy atom. The van der Waals surface area contributed by atoms with Crippen molar-refractivity contribution in [3.63, 3.8) is 0 Å². The van der Waals surface area contributed by atoms with Crippen LogP contribution in [0.2, 0.25) is 0 Å². The summed E-state index contributed by atoms with van der Waals surface area (Å²) in [6.07, 6.45) is 9.40. The molecule has 3 saturated carbocycles. The van der Waals surface area contributed by atoms with Gasteiger partial charge in [0.2, 0.25) is 0 Å². The van der Waals surface area contributed by atoms with Crippen LogP contribution in [-0.2, 0) is 14.4 Å². The van der Waals surface area contributed by atoms with Gasteiger partial charge in [-0.25, -0.2) is 0 Å². The number of hydrogen-bond acceptors (Lipinski definition) is 4. The lowest BCUT2D eigenvalue weighted by Crippen LogP contribution is -2.59. The fraction of sp³-hybridized carbons (Fsp3) is 0.808. The second-order valence-electron chi connectivity index (χ2n) is 11.4. The lowest BCUT2D eigenvalue weighted by atomic mass is 9.43. The van der Waals surface area contributed by atoms with Gasteiger partial charge in [-0.05, 0) is 93.0 Å². The Balaban J connectivity index is 1.63. The maximum absolute atomic E-state index is 13.1. The summed E-state index contributed by atoms with van der Waals surface area (Å²) < 4.78 is 0. The first-order valence-electron chi connectivity index (χ1n) is 12.2. The molecular weight excluding hydrogens is 392 g/mol. The number of carbonyl (C=O) groups excluding carboxylic acids is 2. The summed E-state index contributed by atoms with van der Waals surface area (Å²) >= 11 is 0. The van der Waals surface area contributed by atoms with Gasteiger partial charge < -0.3 is 10.2 Å². The topological polar surface area (TPSA) is 91.7 Å². The Kier molecular flexibility index (Phi) is 5.73. The van der Waals surface area contributed by atoms with Crippen molar-refractivity contribution in [2.24, 2.45) is 34.0 Å². The van der Waals surface area contributed by atoms with E-state index in [1.165, 1.54) is 5.57 Å². The number of carboxylic acid groups (broad SMARTS) is 1. The van der Waals surface area contributed by atoms with Crippen LogP contribution in [0.1, 0.15) is 91.4 Å². The Hall–Kier alpha value is -1.49. The fourth-order valence-corrected chi connectivity index (χ4v) is 8.67. The SMILES string of the molecule is CC(=O)[C@@]1(CCCCC(=O)O)CC[C@H]2[C@@H]3CCC4=CC(=O)CC[C@]4(C)[C@H]3C(O)C[C@@]21C. The Morgan fingerprint density at radius 1 is 1.13 bits per heavy atom. The first kappa shape index (κ1) is 22.7. The molecule has 0 bridgehead atoms. The highest BCUT2D eigenvalue weighted by atomic mass is 16.4. The van der Waals surface area contributed by atoms with E-state index < -0.39 is 17.5 Å². The van der Waals surface area contributed by atoms with Gasteiger partial charge in [-0.3, -0.25) is 14.4 Å². The molecule has 0 spiro atoms. The second-order valence-corrected chi connectivity index (χ2v) is 11.4. The molecule has 0 heterocycles. The first-order valence-corrected chi connectivity index (χ1v) is 12.2. The third-order valence-corrected chi connectivity index (χ3v) is 10.2. The largest absolute Gasteiger partial charge is 0.481 e. The molecule has 3 fully saturated rings. The van der Waals surface area contributed by atoms with E-state index in [-0.39, 0.29) is 34.7 Å². The van der Waals surface area contributed by atoms with Gasteiger partial charge in [0, 0.05) is 18.3 Å². The lowest BCUT2D eigenvalue weighted by Gasteiger charge is -2.61. The molecule has 172 valence electrons. The Morgan fingerprint density at radius 2 is 1.87 bits per heavy atom. The Bertz CT molecular complexity index is 815. The number of allylic oxidation sites excluding steroid dienone is 1. The third kappa shape index (κ3) is 3.34. The first-order chi connectivity index (χ1) is 14.5. The van der Waals surface area contributed by atoms with Gasteiger partial charge in [0.1, 0.15) is 5.78 Å². The van der Waals surface area contributed by atoms with Gasteiger partial charge in [-0.2, -0.15) is 0 Å². The van der Waals surface area contributed by atoms with Crippen LogP contribution in [0.25, 0.3) is 0 Å². The molecular formula is C26H38O5. The van der Waals surface area contributed by atoms with Crippen LogP contribution in [-0.4, -0.2) is 33.9 Å². The maximum Gasteiger partial charge on any atom is 0.303 e. The van der Waals surface area contributed by atoms with Crippen molar-refractivity contribution >= 4 is 17.5 Å². The number of rotatable bonds is 6. The van der Waals surface area contributed by atoms with Gasteiger partial charge in [-0.1, -0.05) is 25.8 Å². The summed E-state index contributed by atoms with van der Waals surface area (Å²) in [6, 6.07) is 0. The monoisotopic (exact) mass is 430 g/mol. The van der Waals surface area contributed by atoms with E-state index in [4.69, 9.17) is 5.11 Å². The lowest BCUT2D eigenvalue weighted by molar-refractivity contribution is -0.161.